The number of hydrogen-bond donors (Lipinski definition) is 0. The molecule has 1 aromatic heterocycles. The summed E-state index contributed by atoms with van der Waals surface area (Å²) in [5, 5.41) is 0. The number of benzene rings is 1. The molecular weight excluding hydrogens is 321 g/mol. The number of hydrogen-bond acceptors (Lipinski definition) is 2. The van der Waals surface area contributed by atoms with Crippen LogP contribution in [-0.4, -0.2) is 6.29 Å². The molecule has 1 aliphatic rings. The van der Waals surface area contributed by atoms with Gasteiger partial charge < -0.3 is 0 Å². The van der Waals surface area contributed by atoms with Crippen LogP contribution >= 0.6 is 11.3 Å². The molecule has 0 N–H and O–H groups in total. The Hall–Kier alpha value is -1.62. The van der Waals surface area contributed by atoms with Gasteiger partial charge in [-0.05, 0) is 54.9 Å². The smallest absolute Gasteiger partial charge is 0.297 e. The van der Waals surface area contributed by atoms with Crippen molar-refractivity contribution in [2.24, 2.45) is 5.92 Å². The summed E-state index contributed by atoms with van der Waals surface area (Å²) in [6.45, 7) is 5.59. The van der Waals surface area contributed by atoms with Gasteiger partial charge in [0.25, 0.3) is 0 Å². The predicted molar refractivity (Wildman–Crippen MR) is 86.1 cm³/mol. The van der Waals surface area contributed by atoms with Crippen molar-refractivity contribution in [1.82, 2.24) is 0 Å². The second kappa shape index (κ2) is 5.48. The summed E-state index contributed by atoms with van der Waals surface area (Å²) < 4.78 is 40.7. The molecule has 0 spiro atoms. The van der Waals surface area contributed by atoms with Crippen LogP contribution in [-0.2, 0) is 6.18 Å². The van der Waals surface area contributed by atoms with Crippen LogP contribution in [0.5, 0.6) is 0 Å². The van der Waals surface area contributed by atoms with Crippen LogP contribution in [0.2, 0.25) is 0 Å². The molecule has 1 aliphatic carbocycles. The van der Waals surface area contributed by atoms with Crippen LogP contribution in [0.15, 0.2) is 18.2 Å². The maximum absolute atomic E-state index is 13.6. The average molecular weight is 338 g/mol. The first-order valence-electron chi connectivity index (χ1n) is 7.50. The maximum Gasteiger partial charge on any atom is 0.417 e. The van der Waals surface area contributed by atoms with Crippen molar-refractivity contribution in [2.45, 2.75) is 39.3 Å². The molecule has 5 heteroatoms. The van der Waals surface area contributed by atoms with Crippen LogP contribution in [0.4, 0.5) is 13.2 Å². The lowest BCUT2D eigenvalue weighted by Crippen LogP contribution is -2.08. The number of thiophene rings is 1. The molecule has 0 radical (unpaired) electrons. The molecule has 1 fully saturated rings. The summed E-state index contributed by atoms with van der Waals surface area (Å²) in [5.41, 5.74) is 1.84. The number of halogens is 3. The van der Waals surface area contributed by atoms with Crippen molar-refractivity contribution in [3.8, 4) is 10.4 Å². The van der Waals surface area contributed by atoms with Crippen molar-refractivity contribution in [3.63, 3.8) is 0 Å². The van der Waals surface area contributed by atoms with E-state index >= 15 is 0 Å². The summed E-state index contributed by atoms with van der Waals surface area (Å²) in [4.78, 5) is 12.1. The van der Waals surface area contributed by atoms with Crippen molar-refractivity contribution in [1.29, 1.82) is 0 Å². The summed E-state index contributed by atoms with van der Waals surface area (Å²) in [7, 11) is 0. The van der Waals surface area contributed by atoms with E-state index in [9.17, 15) is 18.0 Å². The van der Waals surface area contributed by atoms with Crippen LogP contribution in [0.3, 0.4) is 0 Å². The zero-order chi connectivity index (χ0) is 16.9. The first-order chi connectivity index (χ1) is 10.7. The number of rotatable bonds is 3. The van der Waals surface area contributed by atoms with Gasteiger partial charge in [0.15, 0.2) is 6.29 Å². The SMILES string of the molecule is Cc1c(C=O)sc(-c2ccc(C3CC3C)cc2C(F)(F)F)c1C. The zero-order valence-electron chi connectivity index (χ0n) is 13.1. The quantitative estimate of drug-likeness (QED) is 0.629. The molecule has 0 bridgehead atoms. The number of carbonyl (C=O) groups is 1. The van der Waals surface area contributed by atoms with Gasteiger partial charge in [0.05, 0.1) is 10.4 Å². The first kappa shape index (κ1) is 16.2. The second-order valence-corrected chi connectivity index (χ2v) is 7.34. The van der Waals surface area contributed by atoms with Gasteiger partial charge in [-0.15, -0.1) is 11.3 Å². The summed E-state index contributed by atoms with van der Waals surface area (Å²) >= 11 is 1.13. The molecule has 2 unspecified atom stereocenters. The number of aldehydes is 1. The largest absolute Gasteiger partial charge is 0.417 e. The molecule has 0 amide bonds. The lowest BCUT2D eigenvalue weighted by Gasteiger charge is -2.14. The standard InChI is InChI=1S/C18H17F3OS/c1-9-6-14(9)12-4-5-13(15(7-12)18(19,20)21)17-11(3)10(2)16(8-22)23-17/h4-5,7-9,14H,6H2,1-3H3. The molecule has 2 aromatic rings. The van der Waals surface area contributed by atoms with Crippen LogP contribution < -0.4 is 0 Å². The van der Waals surface area contributed by atoms with E-state index in [1.54, 1.807) is 26.0 Å². The van der Waals surface area contributed by atoms with Gasteiger partial charge in [-0.2, -0.15) is 13.2 Å². The molecule has 0 aliphatic heterocycles. The van der Waals surface area contributed by atoms with Gasteiger partial charge in [-0.25, -0.2) is 0 Å². The molecule has 2 atom stereocenters. The third-order valence-electron chi connectivity index (χ3n) is 4.72. The molecule has 1 nitrogen and oxygen atoms in total. The molecular formula is C18H17F3OS. The lowest BCUT2D eigenvalue weighted by atomic mass is 9.97. The van der Waals surface area contributed by atoms with Gasteiger partial charge in [-0.1, -0.05) is 19.1 Å². The van der Waals surface area contributed by atoms with E-state index in [0.29, 0.717) is 22.0 Å². The van der Waals surface area contributed by atoms with Crippen LogP contribution in [0.25, 0.3) is 10.4 Å². The Bertz CT molecular complexity index is 773. The third-order valence-corrected chi connectivity index (χ3v) is 6.08. The Morgan fingerprint density at radius 1 is 1.22 bits per heavy atom. The van der Waals surface area contributed by atoms with E-state index in [1.807, 2.05) is 0 Å². The Kier molecular flexibility index (Phi) is 3.87. The Morgan fingerprint density at radius 2 is 1.87 bits per heavy atom. The van der Waals surface area contributed by atoms with E-state index in [-0.39, 0.29) is 11.5 Å². The molecule has 0 saturated heterocycles. The number of alkyl halides is 3. The molecule has 3 rings (SSSR count). The number of carbonyl (C=O) groups excluding carboxylic acids is 1. The zero-order valence-corrected chi connectivity index (χ0v) is 13.9. The normalized spacial score (nSPS) is 20.6. The second-order valence-electron chi connectivity index (χ2n) is 6.29. The molecule has 1 aromatic carbocycles. The average Bonchev–Trinajstić information content (AvgIpc) is 3.15. The monoisotopic (exact) mass is 338 g/mol. The van der Waals surface area contributed by atoms with E-state index in [4.69, 9.17) is 0 Å². The summed E-state index contributed by atoms with van der Waals surface area (Å²) in [6.07, 6.45) is -2.75. The van der Waals surface area contributed by atoms with Crippen molar-refractivity contribution >= 4 is 17.6 Å². The van der Waals surface area contributed by atoms with Crippen LogP contribution in [0, 0.1) is 19.8 Å². The molecule has 1 heterocycles. The molecule has 23 heavy (non-hydrogen) atoms. The Morgan fingerprint density at radius 3 is 2.35 bits per heavy atom. The van der Waals surface area contributed by atoms with Crippen molar-refractivity contribution in [3.05, 3.63) is 45.3 Å². The van der Waals surface area contributed by atoms with Gasteiger partial charge in [0.1, 0.15) is 0 Å². The highest BCUT2D eigenvalue weighted by atomic mass is 32.1. The predicted octanol–water partition coefficient (Wildman–Crippen LogP) is 5.99. The van der Waals surface area contributed by atoms with Gasteiger partial charge in [-0.3, -0.25) is 4.79 Å². The fourth-order valence-electron chi connectivity index (χ4n) is 3.00. The van der Waals surface area contributed by atoms with E-state index in [0.717, 1.165) is 34.4 Å². The van der Waals surface area contributed by atoms with Gasteiger partial charge in [0, 0.05) is 10.4 Å². The fraction of sp³-hybridized carbons (Fsp3) is 0.389. The Balaban J connectivity index is 2.17. The lowest BCUT2D eigenvalue weighted by molar-refractivity contribution is -0.137. The summed E-state index contributed by atoms with van der Waals surface area (Å²) in [5.74, 6) is 0.691. The highest BCUT2D eigenvalue weighted by Crippen LogP contribution is 2.50. The molecule has 1 saturated carbocycles. The van der Waals surface area contributed by atoms with E-state index in [2.05, 4.69) is 6.92 Å². The topological polar surface area (TPSA) is 17.1 Å². The van der Waals surface area contributed by atoms with E-state index < -0.39 is 11.7 Å². The molecule has 122 valence electrons. The third kappa shape index (κ3) is 2.82. The van der Waals surface area contributed by atoms with E-state index in [1.165, 1.54) is 6.07 Å². The van der Waals surface area contributed by atoms with Crippen LogP contribution in [0.1, 0.15) is 51.2 Å². The van der Waals surface area contributed by atoms with Crippen molar-refractivity contribution < 1.29 is 18.0 Å². The highest BCUT2D eigenvalue weighted by Gasteiger charge is 2.39. The van der Waals surface area contributed by atoms with Gasteiger partial charge >= 0.3 is 6.18 Å². The first-order valence-corrected chi connectivity index (χ1v) is 8.32. The minimum absolute atomic E-state index is 0.174. The fourth-order valence-corrected chi connectivity index (χ4v) is 4.17. The van der Waals surface area contributed by atoms with Crippen molar-refractivity contribution in [2.75, 3.05) is 0 Å². The minimum Gasteiger partial charge on any atom is -0.297 e. The maximum atomic E-state index is 13.6. The Labute approximate surface area is 137 Å². The van der Waals surface area contributed by atoms with Gasteiger partial charge in [0.2, 0.25) is 0 Å². The summed E-state index contributed by atoms with van der Waals surface area (Å²) in [6, 6.07) is 4.66. The minimum atomic E-state index is -4.41. The highest BCUT2D eigenvalue weighted by molar-refractivity contribution is 7.17.